The highest BCUT2D eigenvalue weighted by Crippen LogP contribution is 2.23. The Morgan fingerprint density at radius 2 is 1.00 bits per heavy atom. The predicted octanol–water partition coefficient (Wildman–Crippen LogP) is -0.288. The standard InChI is InChI=1S/C12H12N2O4/c1-5-7(11(17)13-9(5)15)3-4-8-6(2)10(16)14-12(8)18/h3-4H2,1-2H3,(H,13,15,17)(H,14,16,18). The molecule has 0 spiro atoms. The summed E-state index contributed by atoms with van der Waals surface area (Å²) in [7, 11) is 0. The van der Waals surface area contributed by atoms with E-state index in [2.05, 4.69) is 10.6 Å². The Morgan fingerprint density at radius 1 is 0.667 bits per heavy atom. The third-order valence-corrected chi connectivity index (χ3v) is 3.21. The molecule has 94 valence electrons. The van der Waals surface area contributed by atoms with E-state index in [1.165, 1.54) is 0 Å². The largest absolute Gasteiger partial charge is 0.289 e. The summed E-state index contributed by atoms with van der Waals surface area (Å²) >= 11 is 0. The monoisotopic (exact) mass is 248 g/mol. The Bertz CT molecular complexity index is 504. The molecular formula is C12H12N2O4. The van der Waals surface area contributed by atoms with Crippen LogP contribution in [-0.4, -0.2) is 23.6 Å². The van der Waals surface area contributed by atoms with Crippen molar-refractivity contribution in [3.63, 3.8) is 0 Å². The summed E-state index contributed by atoms with van der Waals surface area (Å²) in [4.78, 5) is 45.4. The maximum Gasteiger partial charge on any atom is 0.254 e. The topological polar surface area (TPSA) is 92.3 Å². The van der Waals surface area contributed by atoms with E-state index >= 15 is 0 Å². The molecule has 0 radical (unpaired) electrons. The molecule has 0 fully saturated rings. The van der Waals surface area contributed by atoms with Crippen LogP contribution in [0.15, 0.2) is 22.3 Å². The van der Waals surface area contributed by atoms with E-state index in [1.54, 1.807) is 13.8 Å². The first-order chi connectivity index (χ1) is 8.41. The first-order valence-electron chi connectivity index (χ1n) is 5.52. The minimum absolute atomic E-state index is 0.275. The van der Waals surface area contributed by atoms with Gasteiger partial charge in [0.15, 0.2) is 0 Å². The molecule has 4 amide bonds. The molecule has 0 aromatic heterocycles. The smallest absolute Gasteiger partial charge is 0.254 e. The summed E-state index contributed by atoms with van der Waals surface area (Å²) in [5, 5.41) is 4.38. The lowest BCUT2D eigenvalue weighted by atomic mass is 10.00. The molecule has 0 saturated heterocycles. The molecule has 2 heterocycles. The number of carbonyl (C=O) groups is 4. The van der Waals surface area contributed by atoms with Gasteiger partial charge in [0.1, 0.15) is 0 Å². The predicted molar refractivity (Wildman–Crippen MR) is 60.9 cm³/mol. The third-order valence-electron chi connectivity index (χ3n) is 3.21. The van der Waals surface area contributed by atoms with Crippen molar-refractivity contribution in [2.24, 2.45) is 0 Å². The van der Waals surface area contributed by atoms with Gasteiger partial charge in [-0.3, -0.25) is 29.8 Å². The Kier molecular flexibility index (Phi) is 2.86. The Hall–Kier alpha value is -2.24. The molecule has 18 heavy (non-hydrogen) atoms. The van der Waals surface area contributed by atoms with Crippen LogP contribution in [0.1, 0.15) is 26.7 Å². The zero-order valence-electron chi connectivity index (χ0n) is 10.0. The lowest BCUT2D eigenvalue weighted by Gasteiger charge is -2.02. The van der Waals surface area contributed by atoms with Crippen LogP contribution in [0.25, 0.3) is 0 Å². The number of amides is 4. The minimum atomic E-state index is -0.416. The van der Waals surface area contributed by atoms with Gasteiger partial charge in [0.25, 0.3) is 23.6 Å². The molecule has 6 nitrogen and oxygen atoms in total. The van der Waals surface area contributed by atoms with Crippen molar-refractivity contribution in [1.29, 1.82) is 0 Å². The van der Waals surface area contributed by atoms with Gasteiger partial charge in [-0.25, -0.2) is 0 Å². The number of carbonyl (C=O) groups excluding carboxylic acids is 4. The summed E-state index contributed by atoms with van der Waals surface area (Å²) in [6.07, 6.45) is 0.549. The van der Waals surface area contributed by atoms with E-state index < -0.39 is 23.6 Å². The fourth-order valence-corrected chi connectivity index (χ4v) is 2.01. The van der Waals surface area contributed by atoms with E-state index in [4.69, 9.17) is 0 Å². The van der Waals surface area contributed by atoms with Crippen LogP contribution < -0.4 is 10.6 Å². The second-order valence-electron chi connectivity index (χ2n) is 4.27. The van der Waals surface area contributed by atoms with Crippen molar-refractivity contribution in [3.05, 3.63) is 22.3 Å². The molecule has 2 aliphatic rings. The van der Waals surface area contributed by atoms with Gasteiger partial charge in [0.2, 0.25) is 0 Å². The van der Waals surface area contributed by atoms with Crippen LogP contribution in [-0.2, 0) is 19.2 Å². The normalized spacial score (nSPS) is 19.9. The SMILES string of the molecule is CC1=C(CCC2=C(C)C(=O)NC2=O)C(=O)NC1=O. The molecule has 0 atom stereocenters. The summed E-state index contributed by atoms with van der Waals surface area (Å²) in [6.45, 7) is 3.13. The summed E-state index contributed by atoms with van der Waals surface area (Å²) in [6, 6.07) is 0. The van der Waals surface area contributed by atoms with Gasteiger partial charge in [-0.05, 0) is 26.7 Å². The number of nitrogens with one attached hydrogen (secondary N) is 2. The van der Waals surface area contributed by atoms with Crippen LogP contribution >= 0.6 is 0 Å². The van der Waals surface area contributed by atoms with E-state index in [0.29, 0.717) is 22.3 Å². The highest BCUT2D eigenvalue weighted by Gasteiger charge is 2.30. The quantitative estimate of drug-likeness (QED) is 0.671. The minimum Gasteiger partial charge on any atom is -0.289 e. The highest BCUT2D eigenvalue weighted by molar-refractivity contribution is 6.20. The third kappa shape index (κ3) is 1.85. The fourth-order valence-electron chi connectivity index (χ4n) is 2.01. The average molecular weight is 248 g/mol. The summed E-state index contributed by atoms with van der Waals surface area (Å²) in [5.41, 5.74) is 1.52. The maximum absolute atomic E-state index is 11.5. The lowest BCUT2D eigenvalue weighted by molar-refractivity contribution is -0.126. The van der Waals surface area contributed by atoms with Crippen LogP contribution in [0, 0.1) is 0 Å². The maximum atomic E-state index is 11.5. The lowest BCUT2D eigenvalue weighted by Crippen LogP contribution is -2.23. The number of hydrogen-bond acceptors (Lipinski definition) is 4. The van der Waals surface area contributed by atoms with Crippen LogP contribution in [0.2, 0.25) is 0 Å². The van der Waals surface area contributed by atoms with E-state index in [-0.39, 0.29) is 12.8 Å². The van der Waals surface area contributed by atoms with Crippen molar-refractivity contribution < 1.29 is 19.2 Å². The highest BCUT2D eigenvalue weighted by atomic mass is 16.2. The first kappa shape index (κ1) is 12.2. The molecule has 0 bridgehead atoms. The number of imide groups is 2. The zero-order chi connectivity index (χ0) is 13.4. The van der Waals surface area contributed by atoms with Crippen LogP contribution in [0.4, 0.5) is 0 Å². The molecule has 2 rings (SSSR count). The average Bonchev–Trinajstić information content (AvgIpc) is 2.67. The van der Waals surface area contributed by atoms with Gasteiger partial charge >= 0.3 is 0 Å². The zero-order valence-corrected chi connectivity index (χ0v) is 10.0. The van der Waals surface area contributed by atoms with Gasteiger partial charge in [-0.2, -0.15) is 0 Å². The van der Waals surface area contributed by atoms with Gasteiger partial charge in [0.05, 0.1) is 0 Å². The Morgan fingerprint density at radius 3 is 1.22 bits per heavy atom. The van der Waals surface area contributed by atoms with Crippen LogP contribution in [0.5, 0.6) is 0 Å². The first-order valence-corrected chi connectivity index (χ1v) is 5.52. The van der Waals surface area contributed by atoms with Gasteiger partial charge in [-0.1, -0.05) is 0 Å². The fraction of sp³-hybridized carbons (Fsp3) is 0.333. The molecule has 0 aromatic carbocycles. The summed E-state index contributed by atoms with van der Waals surface area (Å²) < 4.78 is 0. The summed E-state index contributed by atoms with van der Waals surface area (Å²) in [5.74, 6) is -1.62. The number of hydrogen-bond donors (Lipinski definition) is 2. The van der Waals surface area contributed by atoms with Gasteiger partial charge in [0, 0.05) is 22.3 Å². The van der Waals surface area contributed by atoms with E-state index in [9.17, 15) is 19.2 Å². The molecule has 0 aromatic rings. The molecule has 0 saturated carbocycles. The van der Waals surface area contributed by atoms with Crippen molar-refractivity contribution >= 4 is 23.6 Å². The molecule has 2 aliphatic heterocycles. The Balaban J connectivity index is 2.14. The van der Waals surface area contributed by atoms with Crippen molar-refractivity contribution in [2.75, 3.05) is 0 Å². The van der Waals surface area contributed by atoms with Crippen molar-refractivity contribution in [2.45, 2.75) is 26.7 Å². The number of rotatable bonds is 3. The van der Waals surface area contributed by atoms with Gasteiger partial charge < -0.3 is 0 Å². The second-order valence-corrected chi connectivity index (χ2v) is 4.27. The molecule has 2 N–H and O–H groups in total. The molecule has 0 aliphatic carbocycles. The van der Waals surface area contributed by atoms with E-state index in [1.807, 2.05) is 0 Å². The Labute approximate surface area is 103 Å². The van der Waals surface area contributed by atoms with Crippen molar-refractivity contribution in [1.82, 2.24) is 10.6 Å². The second kappa shape index (κ2) is 4.21. The van der Waals surface area contributed by atoms with Crippen LogP contribution in [0.3, 0.4) is 0 Å². The molecule has 0 unspecified atom stereocenters. The van der Waals surface area contributed by atoms with Gasteiger partial charge in [-0.15, -0.1) is 0 Å². The molecule has 6 heteroatoms. The van der Waals surface area contributed by atoms with Crippen molar-refractivity contribution in [3.8, 4) is 0 Å². The van der Waals surface area contributed by atoms with E-state index in [0.717, 1.165) is 0 Å². The molecular weight excluding hydrogens is 236 g/mol.